The highest BCUT2D eigenvalue weighted by Gasteiger charge is 2.18. The Morgan fingerprint density at radius 3 is 2.30 bits per heavy atom. The van der Waals surface area contributed by atoms with Crippen molar-refractivity contribution in [2.24, 2.45) is 4.99 Å². The Hall–Kier alpha value is -1.07. The van der Waals surface area contributed by atoms with Crippen molar-refractivity contribution in [3.05, 3.63) is 22.4 Å². The van der Waals surface area contributed by atoms with Crippen LogP contribution in [0.25, 0.3) is 0 Å². The third-order valence-electron chi connectivity index (χ3n) is 3.29. The lowest BCUT2D eigenvalue weighted by Crippen LogP contribution is -2.38. The second-order valence-electron chi connectivity index (χ2n) is 4.54. The first-order valence-corrected chi connectivity index (χ1v) is 8.49. The number of nitrogens with one attached hydrogen (secondary N) is 2. The Bertz CT molecular complexity index is 363. The summed E-state index contributed by atoms with van der Waals surface area (Å²) in [6, 6.07) is 2.58. The van der Waals surface area contributed by atoms with Crippen molar-refractivity contribution in [3.8, 4) is 0 Å². The van der Waals surface area contributed by atoms with E-state index in [9.17, 15) is 0 Å². The zero-order valence-electron chi connectivity index (χ0n) is 13.1. The van der Waals surface area contributed by atoms with E-state index in [0.29, 0.717) is 6.04 Å². The van der Waals surface area contributed by atoms with Gasteiger partial charge in [-0.3, -0.25) is 9.89 Å². The molecule has 0 amide bonds. The molecular formula is C15H28N4S. The minimum atomic E-state index is 0.364. The summed E-state index contributed by atoms with van der Waals surface area (Å²) in [6.45, 7) is 13.3. The molecule has 0 aliphatic heterocycles. The van der Waals surface area contributed by atoms with Crippen molar-refractivity contribution >= 4 is 17.3 Å². The summed E-state index contributed by atoms with van der Waals surface area (Å²) < 4.78 is 0. The summed E-state index contributed by atoms with van der Waals surface area (Å²) in [4.78, 5) is 7.19. The van der Waals surface area contributed by atoms with Crippen LogP contribution in [0.4, 0.5) is 0 Å². The van der Waals surface area contributed by atoms with Gasteiger partial charge in [-0.2, -0.15) is 11.3 Å². The molecular weight excluding hydrogens is 268 g/mol. The van der Waals surface area contributed by atoms with Gasteiger partial charge >= 0.3 is 0 Å². The van der Waals surface area contributed by atoms with Crippen LogP contribution in [-0.4, -0.2) is 43.6 Å². The fourth-order valence-electron chi connectivity index (χ4n) is 2.25. The molecule has 5 heteroatoms. The number of nitrogens with zero attached hydrogens (tertiary/aromatic N) is 2. The van der Waals surface area contributed by atoms with E-state index in [2.05, 4.69) is 60.1 Å². The van der Waals surface area contributed by atoms with Crippen LogP contribution in [-0.2, 0) is 0 Å². The van der Waals surface area contributed by atoms with Crippen LogP contribution in [0.3, 0.4) is 0 Å². The Morgan fingerprint density at radius 1 is 1.20 bits per heavy atom. The quantitative estimate of drug-likeness (QED) is 0.572. The van der Waals surface area contributed by atoms with Crippen LogP contribution in [0.1, 0.15) is 39.3 Å². The predicted octanol–water partition coefficient (Wildman–Crippen LogP) is 2.71. The predicted molar refractivity (Wildman–Crippen MR) is 89.6 cm³/mol. The van der Waals surface area contributed by atoms with Gasteiger partial charge in [-0.05, 0) is 49.3 Å². The highest BCUT2D eigenvalue weighted by Crippen LogP contribution is 2.23. The van der Waals surface area contributed by atoms with E-state index in [1.54, 1.807) is 11.3 Å². The molecule has 0 saturated carbocycles. The van der Waals surface area contributed by atoms with Crippen LogP contribution in [0.5, 0.6) is 0 Å². The summed E-state index contributed by atoms with van der Waals surface area (Å²) in [5.74, 6) is 0.905. The molecule has 4 nitrogen and oxygen atoms in total. The Kier molecular flexibility index (Phi) is 8.30. The van der Waals surface area contributed by atoms with Gasteiger partial charge in [0.1, 0.15) is 0 Å². The first-order valence-electron chi connectivity index (χ1n) is 7.55. The van der Waals surface area contributed by atoms with Gasteiger partial charge in [0, 0.05) is 13.1 Å². The molecule has 0 spiro atoms. The smallest absolute Gasteiger partial charge is 0.191 e. The number of likely N-dealkylation sites (N-methyl/N-ethyl adjacent to an activating group) is 1. The minimum Gasteiger partial charge on any atom is -0.357 e. The first-order chi connectivity index (χ1) is 9.76. The van der Waals surface area contributed by atoms with E-state index < -0.39 is 0 Å². The van der Waals surface area contributed by atoms with E-state index in [4.69, 9.17) is 4.99 Å². The molecule has 1 unspecified atom stereocenters. The highest BCUT2D eigenvalue weighted by molar-refractivity contribution is 7.07. The van der Waals surface area contributed by atoms with Gasteiger partial charge in [0.05, 0.1) is 12.6 Å². The minimum absolute atomic E-state index is 0.364. The molecule has 1 heterocycles. The summed E-state index contributed by atoms with van der Waals surface area (Å²) in [5, 5.41) is 10.9. The zero-order chi connectivity index (χ0) is 14.8. The number of hydrogen-bond acceptors (Lipinski definition) is 3. The van der Waals surface area contributed by atoms with Crippen molar-refractivity contribution in [1.29, 1.82) is 0 Å². The van der Waals surface area contributed by atoms with E-state index in [1.165, 1.54) is 5.56 Å². The van der Waals surface area contributed by atoms with Crippen LogP contribution >= 0.6 is 11.3 Å². The van der Waals surface area contributed by atoms with Gasteiger partial charge in [-0.25, -0.2) is 0 Å². The Balaban J connectivity index is 2.81. The number of aliphatic imine (C=N–C) groups is 1. The third-order valence-corrected chi connectivity index (χ3v) is 3.99. The zero-order valence-corrected chi connectivity index (χ0v) is 14.0. The number of hydrogen-bond donors (Lipinski definition) is 2. The van der Waals surface area contributed by atoms with Crippen molar-refractivity contribution in [2.45, 2.75) is 33.7 Å². The summed E-state index contributed by atoms with van der Waals surface area (Å²) in [7, 11) is 0. The number of thiophene rings is 1. The van der Waals surface area contributed by atoms with E-state index in [0.717, 1.165) is 38.7 Å². The molecule has 114 valence electrons. The summed E-state index contributed by atoms with van der Waals surface area (Å²) in [6.07, 6.45) is 0. The molecule has 1 aromatic rings. The van der Waals surface area contributed by atoms with E-state index in [-0.39, 0.29) is 0 Å². The monoisotopic (exact) mass is 296 g/mol. The molecule has 0 aliphatic rings. The second-order valence-corrected chi connectivity index (χ2v) is 5.32. The van der Waals surface area contributed by atoms with Crippen LogP contribution in [0, 0.1) is 0 Å². The maximum absolute atomic E-state index is 4.73. The Morgan fingerprint density at radius 2 is 1.85 bits per heavy atom. The number of guanidine groups is 1. The number of rotatable bonds is 8. The topological polar surface area (TPSA) is 39.7 Å². The van der Waals surface area contributed by atoms with Crippen LogP contribution < -0.4 is 10.6 Å². The van der Waals surface area contributed by atoms with Crippen molar-refractivity contribution in [1.82, 2.24) is 15.5 Å². The van der Waals surface area contributed by atoms with Crippen LogP contribution in [0.2, 0.25) is 0 Å². The molecule has 0 aromatic carbocycles. The fraction of sp³-hybridized carbons (Fsp3) is 0.667. The first kappa shape index (κ1) is 17.0. The average molecular weight is 296 g/mol. The van der Waals surface area contributed by atoms with Crippen LogP contribution in [0.15, 0.2) is 21.8 Å². The molecule has 0 radical (unpaired) electrons. The highest BCUT2D eigenvalue weighted by atomic mass is 32.1. The van der Waals surface area contributed by atoms with Crippen molar-refractivity contribution in [3.63, 3.8) is 0 Å². The average Bonchev–Trinajstić information content (AvgIpc) is 2.97. The lowest BCUT2D eigenvalue weighted by atomic mass is 10.1. The van der Waals surface area contributed by atoms with Gasteiger partial charge in [0.15, 0.2) is 5.96 Å². The molecule has 0 saturated heterocycles. The molecule has 0 bridgehead atoms. The molecule has 0 fully saturated rings. The third kappa shape index (κ3) is 5.13. The molecule has 1 atom stereocenters. The Labute approximate surface area is 127 Å². The van der Waals surface area contributed by atoms with Gasteiger partial charge in [0.25, 0.3) is 0 Å². The lowest BCUT2D eigenvalue weighted by Gasteiger charge is -2.28. The largest absolute Gasteiger partial charge is 0.357 e. The molecule has 1 rings (SSSR count). The van der Waals surface area contributed by atoms with Crippen molar-refractivity contribution < 1.29 is 0 Å². The molecule has 20 heavy (non-hydrogen) atoms. The van der Waals surface area contributed by atoms with Crippen molar-refractivity contribution in [2.75, 3.05) is 32.7 Å². The van der Waals surface area contributed by atoms with Gasteiger partial charge in [-0.15, -0.1) is 0 Å². The molecule has 1 aromatic heterocycles. The fourth-order valence-corrected chi connectivity index (χ4v) is 2.95. The maximum Gasteiger partial charge on any atom is 0.191 e. The maximum atomic E-state index is 4.73. The van der Waals surface area contributed by atoms with Gasteiger partial charge in [0.2, 0.25) is 0 Å². The molecule has 0 aliphatic carbocycles. The summed E-state index contributed by atoms with van der Waals surface area (Å²) >= 11 is 1.75. The SMILES string of the molecule is CCNC(=NCC(c1ccsc1)N(CC)CC)NCC. The molecule has 2 N–H and O–H groups in total. The van der Waals surface area contributed by atoms with E-state index in [1.807, 2.05) is 0 Å². The standard InChI is InChI=1S/C15H28N4S/c1-5-16-15(17-6-2)18-11-14(19(7-3)8-4)13-9-10-20-12-13/h9-10,12,14H,5-8,11H2,1-4H3,(H2,16,17,18). The normalized spacial score (nSPS) is 12.2. The lowest BCUT2D eigenvalue weighted by molar-refractivity contribution is 0.224. The van der Waals surface area contributed by atoms with Gasteiger partial charge < -0.3 is 10.6 Å². The summed E-state index contributed by atoms with van der Waals surface area (Å²) in [5.41, 5.74) is 1.37. The van der Waals surface area contributed by atoms with Gasteiger partial charge in [-0.1, -0.05) is 13.8 Å². The van der Waals surface area contributed by atoms with E-state index >= 15 is 0 Å². The second kappa shape index (κ2) is 9.77.